The Balaban J connectivity index is 1.61. The Hall–Kier alpha value is -4.25. The fourth-order valence-electron chi connectivity index (χ4n) is 4.59. The maximum Gasteiger partial charge on any atom is 0.125 e. The molecule has 0 bridgehead atoms. The summed E-state index contributed by atoms with van der Waals surface area (Å²) in [7, 11) is 0. The van der Waals surface area contributed by atoms with Crippen LogP contribution in [-0.2, 0) is 0 Å². The average molecular weight is 430 g/mol. The molecule has 160 valence electrons. The van der Waals surface area contributed by atoms with Crippen LogP contribution in [0.1, 0.15) is 28.8 Å². The SMILES string of the molecule is Cc1ccc(C2C(n3nnc4ccccc43)C(c3ccccc3)=NN2c2ccccc2)cc1. The van der Waals surface area contributed by atoms with Gasteiger partial charge in [-0.1, -0.05) is 95.7 Å². The molecule has 1 aliphatic rings. The van der Waals surface area contributed by atoms with Crippen LogP contribution in [0.2, 0.25) is 0 Å². The molecule has 6 rings (SSSR count). The van der Waals surface area contributed by atoms with Gasteiger partial charge < -0.3 is 0 Å². The van der Waals surface area contributed by atoms with E-state index in [2.05, 4.69) is 101 Å². The van der Waals surface area contributed by atoms with Crippen molar-refractivity contribution in [3.8, 4) is 0 Å². The first kappa shape index (κ1) is 19.4. The van der Waals surface area contributed by atoms with Crippen LogP contribution in [-0.4, -0.2) is 20.7 Å². The average Bonchev–Trinajstić information content (AvgIpc) is 3.47. The molecule has 0 saturated carbocycles. The van der Waals surface area contributed by atoms with Crippen molar-refractivity contribution in [1.29, 1.82) is 0 Å². The van der Waals surface area contributed by atoms with Gasteiger partial charge in [-0.05, 0) is 36.8 Å². The molecule has 5 nitrogen and oxygen atoms in total. The summed E-state index contributed by atoms with van der Waals surface area (Å²) in [5.41, 5.74) is 7.39. The number of hydrogen-bond acceptors (Lipinski definition) is 4. The summed E-state index contributed by atoms with van der Waals surface area (Å²) in [6.07, 6.45) is 0. The third-order valence-electron chi connectivity index (χ3n) is 6.21. The summed E-state index contributed by atoms with van der Waals surface area (Å²) >= 11 is 0. The molecule has 0 saturated heterocycles. The first-order valence-corrected chi connectivity index (χ1v) is 11.1. The molecular weight excluding hydrogens is 406 g/mol. The van der Waals surface area contributed by atoms with Gasteiger partial charge in [0, 0.05) is 5.56 Å². The molecule has 0 fully saturated rings. The minimum absolute atomic E-state index is 0.0756. The molecule has 0 N–H and O–H groups in total. The van der Waals surface area contributed by atoms with Gasteiger partial charge in [0.2, 0.25) is 0 Å². The zero-order valence-corrected chi connectivity index (χ0v) is 18.3. The van der Waals surface area contributed by atoms with Gasteiger partial charge in [-0.2, -0.15) is 5.10 Å². The minimum atomic E-state index is -0.150. The Morgan fingerprint density at radius 1 is 0.667 bits per heavy atom. The zero-order chi connectivity index (χ0) is 22.2. The van der Waals surface area contributed by atoms with Gasteiger partial charge in [0.25, 0.3) is 0 Å². The van der Waals surface area contributed by atoms with Crippen molar-refractivity contribution in [3.05, 3.63) is 126 Å². The Kier molecular flexibility index (Phi) is 4.73. The van der Waals surface area contributed by atoms with Crippen molar-refractivity contribution in [2.75, 3.05) is 5.01 Å². The molecule has 2 unspecified atom stereocenters. The summed E-state index contributed by atoms with van der Waals surface area (Å²) in [5, 5.41) is 16.5. The number of benzene rings is 4. The highest BCUT2D eigenvalue weighted by molar-refractivity contribution is 6.06. The predicted octanol–water partition coefficient (Wildman–Crippen LogP) is 5.95. The highest BCUT2D eigenvalue weighted by Gasteiger charge is 2.42. The normalized spacial score (nSPS) is 18.0. The van der Waals surface area contributed by atoms with E-state index in [-0.39, 0.29) is 12.1 Å². The van der Waals surface area contributed by atoms with Crippen molar-refractivity contribution in [3.63, 3.8) is 0 Å². The van der Waals surface area contributed by atoms with E-state index in [0.29, 0.717) is 0 Å². The van der Waals surface area contributed by atoms with Crippen molar-refractivity contribution in [2.45, 2.75) is 19.0 Å². The molecule has 0 amide bonds. The van der Waals surface area contributed by atoms with Crippen LogP contribution in [0.5, 0.6) is 0 Å². The summed E-state index contributed by atoms with van der Waals surface area (Å²) in [4.78, 5) is 0. The van der Waals surface area contributed by atoms with Gasteiger partial charge in [-0.15, -0.1) is 5.10 Å². The first-order chi connectivity index (χ1) is 16.3. The van der Waals surface area contributed by atoms with E-state index < -0.39 is 0 Å². The molecule has 2 atom stereocenters. The summed E-state index contributed by atoms with van der Waals surface area (Å²) < 4.78 is 2.04. The van der Waals surface area contributed by atoms with E-state index in [1.165, 1.54) is 11.1 Å². The number of hydrogen-bond donors (Lipinski definition) is 0. The quantitative estimate of drug-likeness (QED) is 0.355. The maximum absolute atomic E-state index is 5.21. The number of fused-ring (bicyclic) bond motifs is 1. The van der Waals surface area contributed by atoms with Crippen molar-refractivity contribution < 1.29 is 0 Å². The van der Waals surface area contributed by atoms with Crippen molar-refractivity contribution >= 4 is 22.4 Å². The van der Waals surface area contributed by atoms with E-state index >= 15 is 0 Å². The Bertz CT molecular complexity index is 1420. The molecule has 0 aliphatic carbocycles. The van der Waals surface area contributed by atoms with E-state index in [1.54, 1.807) is 0 Å². The number of hydrazone groups is 1. The highest BCUT2D eigenvalue weighted by Crippen LogP contribution is 2.44. The Morgan fingerprint density at radius 3 is 2.09 bits per heavy atom. The Morgan fingerprint density at radius 2 is 1.33 bits per heavy atom. The van der Waals surface area contributed by atoms with E-state index in [1.807, 2.05) is 35.0 Å². The number of aryl methyl sites for hydroxylation is 1. The number of rotatable bonds is 4. The van der Waals surface area contributed by atoms with Gasteiger partial charge in [-0.25, -0.2) is 4.68 Å². The van der Waals surface area contributed by atoms with Crippen LogP contribution in [0.3, 0.4) is 0 Å². The number of anilines is 1. The fourth-order valence-corrected chi connectivity index (χ4v) is 4.59. The number of nitrogens with zero attached hydrogens (tertiary/aromatic N) is 5. The Labute approximate surface area is 192 Å². The van der Waals surface area contributed by atoms with Gasteiger partial charge in [0.1, 0.15) is 17.6 Å². The van der Waals surface area contributed by atoms with Crippen LogP contribution in [0, 0.1) is 6.92 Å². The molecule has 0 radical (unpaired) electrons. The minimum Gasteiger partial charge on any atom is -0.255 e. The summed E-state index contributed by atoms with van der Waals surface area (Å²) in [5.74, 6) is 0. The molecule has 5 aromatic rings. The highest BCUT2D eigenvalue weighted by atomic mass is 15.5. The third kappa shape index (κ3) is 3.38. The van der Waals surface area contributed by atoms with Gasteiger partial charge in [0.05, 0.1) is 16.9 Å². The van der Waals surface area contributed by atoms with Crippen LogP contribution in [0.15, 0.2) is 114 Å². The number of para-hydroxylation sites is 2. The molecule has 1 aromatic heterocycles. The zero-order valence-electron chi connectivity index (χ0n) is 18.3. The smallest absolute Gasteiger partial charge is 0.125 e. The van der Waals surface area contributed by atoms with E-state index in [0.717, 1.165) is 28.0 Å². The summed E-state index contributed by atoms with van der Waals surface area (Å²) in [6, 6.07) is 37.3. The van der Waals surface area contributed by atoms with Crippen molar-refractivity contribution in [2.24, 2.45) is 5.10 Å². The molecule has 33 heavy (non-hydrogen) atoms. The van der Waals surface area contributed by atoms with Gasteiger partial charge >= 0.3 is 0 Å². The lowest BCUT2D eigenvalue weighted by molar-refractivity contribution is 0.485. The van der Waals surface area contributed by atoms with Crippen LogP contribution >= 0.6 is 0 Å². The third-order valence-corrected chi connectivity index (χ3v) is 6.21. The topological polar surface area (TPSA) is 46.3 Å². The summed E-state index contributed by atoms with van der Waals surface area (Å²) in [6.45, 7) is 2.11. The van der Waals surface area contributed by atoms with Crippen LogP contribution in [0.4, 0.5) is 5.69 Å². The molecule has 5 heteroatoms. The van der Waals surface area contributed by atoms with E-state index in [4.69, 9.17) is 5.10 Å². The van der Waals surface area contributed by atoms with Crippen LogP contribution < -0.4 is 5.01 Å². The second kappa shape index (κ2) is 8.02. The van der Waals surface area contributed by atoms with Crippen molar-refractivity contribution in [1.82, 2.24) is 15.0 Å². The number of aromatic nitrogens is 3. The lowest BCUT2D eigenvalue weighted by atomic mass is 9.92. The maximum atomic E-state index is 5.21. The largest absolute Gasteiger partial charge is 0.255 e. The molecule has 1 aliphatic heterocycles. The fraction of sp³-hybridized carbons (Fsp3) is 0.107. The predicted molar refractivity (Wildman–Crippen MR) is 132 cm³/mol. The molecule has 2 heterocycles. The van der Waals surface area contributed by atoms with Gasteiger partial charge in [-0.3, -0.25) is 5.01 Å². The molecule has 0 spiro atoms. The first-order valence-electron chi connectivity index (χ1n) is 11.1. The standard InChI is InChI=1S/C28H23N5/c1-20-16-18-22(19-17-20)27-28(33-25-15-9-8-14-24(25)29-31-33)26(21-10-4-2-5-11-21)30-32(27)23-12-6-3-7-13-23/h2-19,27-28H,1H3. The monoisotopic (exact) mass is 429 g/mol. The second-order valence-corrected chi connectivity index (χ2v) is 8.35. The lowest BCUT2D eigenvalue weighted by Gasteiger charge is -2.29. The van der Waals surface area contributed by atoms with E-state index in [9.17, 15) is 0 Å². The van der Waals surface area contributed by atoms with Gasteiger partial charge in [0.15, 0.2) is 0 Å². The molecule has 4 aromatic carbocycles. The molecular formula is C28H23N5. The van der Waals surface area contributed by atoms with Crippen LogP contribution in [0.25, 0.3) is 11.0 Å². The lowest BCUT2D eigenvalue weighted by Crippen LogP contribution is -2.29. The second-order valence-electron chi connectivity index (χ2n) is 8.35.